The fraction of sp³-hybridized carbons (Fsp3) is 0.385. The summed E-state index contributed by atoms with van der Waals surface area (Å²) in [5.74, 6) is 2.78. The monoisotopic (exact) mass is 259 g/mol. The van der Waals surface area contributed by atoms with Gasteiger partial charge in [0.1, 0.15) is 11.6 Å². The summed E-state index contributed by atoms with van der Waals surface area (Å²) < 4.78 is 5.64. The molecule has 2 aromatic heterocycles. The highest BCUT2D eigenvalue weighted by Gasteiger charge is 2.22. The van der Waals surface area contributed by atoms with Crippen molar-refractivity contribution in [2.75, 3.05) is 17.7 Å². The fourth-order valence-corrected chi connectivity index (χ4v) is 1.72. The van der Waals surface area contributed by atoms with E-state index in [4.69, 9.17) is 10.5 Å². The zero-order valence-corrected chi connectivity index (χ0v) is 10.6. The van der Waals surface area contributed by atoms with Gasteiger partial charge in [-0.15, -0.1) is 0 Å². The first-order valence-corrected chi connectivity index (χ1v) is 6.43. The van der Waals surface area contributed by atoms with Crippen LogP contribution in [0.5, 0.6) is 5.88 Å². The quantitative estimate of drug-likeness (QED) is 0.736. The number of aromatic amines is 1. The van der Waals surface area contributed by atoms with E-state index in [2.05, 4.69) is 20.3 Å². The minimum absolute atomic E-state index is 0.511. The number of imidazole rings is 1. The average molecular weight is 259 g/mol. The van der Waals surface area contributed by atoms with Crippen molar-refractivity contribution < 1.29 is 4.74 Å². The Hall–Kier alpha value is -2.24. The molecule has 0 saturated heterocycles. The minimum atomic E-state index is 0.511. The number of nitrogens with one attached hydrogen (secondary N) is 2. The van der Waals surface area contributed by atoms with Crippen molar-refractivity contribution in [3.63, 3.8) is 0 Å². The van der Waals surface area contributed by atoms with Gasteiger partial charge in [-0.3, -0.25) is 0 Å². The number of pyridine rings is 1. The van der Waals surface area contributed by atoms with Crippen molar-refractivity contribution in [2.24, 2.45) is 5.92 Å². The van der Waals surface area contributed by atoms with Gasteiger partial charge in [0.15, 0.2) is 0 Å². The number of ether oxygens (including phenoxy) is 1. The van der Waals surface area contributed by atoms with Crippen LogP contribution in [0.2, 0.25) is 0 Å². The van der Waals surface area contributed by atoms with E-state index in [0.717, 1.165) is 11.6 Å². The van der Waals surface area contributed by atoms with Crippen LogP contribution in [0.15, 0.2) is 24.5 Å². The van der Waals surface area contributed by atoms with Crippen LogP contribution >= 0.6 is 0 Å². The van der Waals surface area contributed by atoms with Gasteiger partial charge in [0, 0.05) is 12.4 Å². The Morgan fingerprint density at radius 1 is 1.42 bits per heavy atom. The number of rotatable bonds is 6. The first-order chi connectivity index (χ1) is 9.31. The molecule has 0 amide bonds. The summed E-state index contributed by atoms with van der Waals surface area (Å²) in [7, 11) is 0. The van der Waals surface area contributed by atoms with E-state index in [1.807, 2.05) is 6.07 Å². The van der Waals surface area contributed by atoms with Crippen molar-refractivity contribution in [1.29, 1.82) is 0 Å². The Labute approximate surface area is 111 Å². The maximum atomic E-state index is 5.85. The predicted molar refractivity (Wildman–Crippen MR) is 72.8 cm³/mol. The molecule has 1 aliphatic rings. The van der Waals surface area contributed by atoms with E-state index in [9.17, 15) is 0 Å². The Bertz CT molecular complexity index is 536. The second-order valence-corrected chi connectivity index (χ2v) is 4.73. The van der Waals surface area contributed by atoms with Gasteiger partial charge in [0.05, 0.1) is 18.8 Å². The van der Waals surface area contributed by atoms with E-state index >= 15 is 0 Å². The molecule has 2 aromatic rings. The summed E-state index contributed by atoms with van der Waals surface area (Å²) in [5, 5.41) is 3.18. The van der Waals surface area contributed by atoms with Crippen LogP contribution in [0.25, 0.3) is 0 Å². The molecule has 0 aromatic carbocycles. The molecule has 4 N–H and O–H groups in total. The molecule has 1 saturated carbocycles. The number of aromatic nitrogens is 3. The largest absolute Gasteiger partial charge is 0.476 e. The van der Waals surface area contributed by atoms with Crippen LogP contribution in [0.3, 0.4) is 0 Å². The molecule has 3 rings (SSSR count). The standard InChI is InChI=1S/C13H17N5O/c14-10-3-4-11(17-7-12-15-5-6-16-12)18-13(10)19-8-9-1-2-9/h3-6,9H,1-2,7-8,14H2,(H,15,16)(H,17,18). The Morgan fingerprint density at radius 3 is 3.05 bits per heavy atom. The zero-order valence-electron chi connectivity index (χ0n) is 10.6. The van der Waals surface area contributed by atoms with E-state index in [-0.39, 0.29) is 0 Å². The number of anilines is 2. The summed E-state index contributed by atoms with van der Waals surface area (Å²) in [6.07, 6.45) is 6.00. The topological polar surface area (TPSA) is 88.8 Å². The van der Waals surface area contributed by atoms with Gasteiger partial charge in [0.2, 0.25) is 5.88 Å². The van der Waals surface area contributed by atoms with Crippen LogP contribution in [0.4, 0.5) is 11.5 Å². The molecule has 100 valence electrons. The minimum Gasteiger partial charge on any atom is -0.476 e. The second-order valence-electron chi connectivity index (χ2n) is 4.73. The molecule has 6 heteroatoms. The molecule has 6 nitrogen and oxygen atoms in total. The maximum absolute atomic E-state index is 5.85. The predicted octanol–water partition coefficient (Wildman–Crippen LogP) is 1.79. The lowest BCUT2D eigenvalue weighted by Gasteiger charge is -2.10. The van der Waals surface area contributed by atoms with Crippen LogP contribution in [0, 0.1) is 5.92 Å². The van der Waals surface area contributed by atoms with Crippen LogP contribution in [-0.2, 0) is 6.54 Å². The molecular formula is C13H17N5O. The van der Waals surface area contributed by atoms with Crippen molar-refractivity contribution >= 4 is 11.5 Å². The third-order valence-electron chi connectivity index (χ3n) is 3.03. The van der Waals surface area contributed by atoms with Crippen molar-refractivity contribution in [1.82, 2.24) is 15.0 Å². The summed E-state index contributed by atoms with van der Waals surface area (Å²) in [4.78, 5) is 11.5. The van der Waals surface area contributed by atoms with Gasteiger partial charge in [-0.2, -0.15) is 4.98 Å². The fourth-order valence-electron chi connectivity index (χ4n) is 1.72. The molecule has 0 atom stereocenters. The third-order valence-corrected chi connectivity index (χ3v) is 3.03. The average Bonchev–Trinajstić information content (AvgIpc) is 3.10. The van der Waals surface area contributed by atoms with Gasteiger partial charge < -0.3 is 20.8 Å². The van der Waals surface area contributed by atoms with Gasteiger partial charge in [-0.05, 0) is 30.9 Å². The Balaban J connectivity index is 1.62. The van der Waals surface area contributed by atoms with Crippen molar-refractivity contribution in [3.8, 4) is 5.88 Å². The molecule has 0 radical (unpaired) electrons. The van der Waals surface area contributed by atoms with E-state index in [1.54, 1.807) is 18.5 Å². The molecule has 0 bridgehead atoms. The van der Waals surface area contributed by atoms with Gasteiger partial charge >= 0.3 is 0 Å². The Kier molecular flexibility index (Phi) is 3.22. The second kappa shape index (κ2) is 5.17. The molecule has 1 fully saturated rings. The first-order valence-electron chi connectivity index (χ1n) is 6.43. The molecule has 0 aliphatic heterocycles. The van der Waals surface area contributed by atoms with Gasteiger partial charge in [-0.1, -0.05) is 0 Å². The number of nitrogens with two attached hydrogens (primary N) is 1. The normalized spacial score (nSPS) is 14.3. The van der Waals surface area contributed by atoms with E-state index in [0.29, 0.717) is 30.6 Å². The number of hydrogen-bond acceptors (Lipinski definition) is 5. The van der Waals surface area contributed by atoms with Crippen molar-refractivity contribution in [3.05, 3.63) is 30.4 Å². The highest BCUT2D eigenvalue weighted by Crippen LogP contribution is 2.30. The van der Waals surface area contributed by atoms with Crippen LogP contribution in [0.1, 0.15) is 18.7 Å². The lowest BCUT2D eigenvalue weighted by molar-refractivity contribution is 0.290. The lowest BCUT2D eigenvalue weighted by atomic mass is 10.4. The van der Waals surface area contributed by atoms with Crippen LogP contribution in [-0.4, -0.2) is 21.6 Å². The summed E-state index contributed by atoms with van der Waals surface area (Å²) in [5.41, 5.74) is 6.43. The summed E-state index contributed by atoms with van der Waals surface area (Å²) in [6.45, 7) is 1.30. The van der Waals surface area contributed by atoms with Gasteiger partial charge in [0.25, 0.3) is 0 Å². The SMILES string of the molecule is Nc1ccc(NCc2ncc[nH]2)nc1OCC1CC1. The summed E-state index contributed by atoms with van der Waals surface area (Å²) in [6, 6.07) is 3.64. The smallest absolute Gasteiger partial charge is 0.239 e. The molecule has 2 heterocycles. The number of nitrogens with zero attached hydrogens (tertiary/aromatic N) is 2. The molecule has 0 unspecified atom stereocenters. The van der Waals surface area contributed by atoms with Crippen molar-refractivity contribution in [2.45, 2.75) is 19.4 Å². The van der Waals surface area contributed by atoms with E-state index < -0.39 is 0 Å². The third kappa shape index (κ3) is 3.15. The zero-order chi connectivity index (χ0) is 13.1. The highest BCUT2D eigenvalue weighted by molar-refractivity contribution is 5.53. The highest BCUT2D eigenvalue weighted by atomic mass is 16.5. The van der Waals surface area contributed by atoms with Crippen LogP contribution < -0.4 is 15.8 Å². The lowest BCUT2D eigenvalue weighted by Crippen LogP contribution is -2.07. The van der Waals surface area contributed by atoms with Gasteiger partial charge in [-0.25, -0.2) is 4.98 Å². The van der Waals surface area contributed by atoms with E-state index in [1.165, 1.54) is 12.8 Å². The molecule has 19 heavy (non-hydrogen) atoms. The number of H-pyrrole nitrogens is 1. The maximum Gasteiger partial charge on any atom is 0.239 e. The molecule has 1 aliphatic carbocycles. The number of nitrogen functional groups attached to an aromatic ring is 1. The number of hydrogen-bond donors (Lipinski definition) is 3. The molecular weight excluding hydrogens is 242 g/mol. The summed E-state index contributed by atoms with van der Waals surface area (Å²) >= 11 is 0. The molecule has 0 spiro atoms. The first kappa shape index (κ1) is 11.8. The Morgan fingerprint density at radius 2 is 2.32 bits per heavy atom.